The molecule has 61 heavy (non-hydrogen) atoms. The monoisotopic (exact) mass is 853 g/mol. The van der Waals surface area contributed by atoms with Crippen LogP contribution in [0.25, 0.3) is 11.1 Å². The van der Waals surface area contributed by atoms with Gasteiger partial charge in [0.15, 0.2) is 0 Å². The Morgan fingerprint density at radius 3 is 1.67 bits per heavy atom. The van der Waals surface area contributed by atoms with Gasteiger partial charge in [-0.3, -0.25) is 33.6 Å². The largest absolute Gasteiger partial charge is 0.490 e. The van der Waals surface area contributed by atoms with E-state index < -0.39 is 72.8 Å². The zero-order valence-corrected chi connectivity index (χ0v) is 35.3. The van der Waals surface area contributed by atoms with Gasteiger partial charge in [-0.05, 0) is 99.7 Å². The second kappa shape index (κ2) is 28.2. The van der Waals surface area contributed by atoms with Crippen molar-refractivity contribution >= 4 is 48.5 Å². The number of nitrogens with one attached hydrogen (secondary N) is 6. The molecule has 2 aromatic carbocycles. The van der Waals surface area contributed by atoms with Crippen LogP contribution in [0.1, 0.15) is 100 Å². The van der Waals surface area contributed by atoms with Crippen molar-refractivity contribution in [2.75, 3.05) is 19.6 Å². The standard InChI is InChI=1S/C41H65BN10O9/c1-3-5-9-26-12-14-27(15-13-26)28-16-18-29(19-17-28)36(55)47-25-22-35(54)48-31(11-8-24-44)38(57)51-33(20-21-34(45)53)39(58)49-30(4-2)37(56)50-32(10-6-7-23-43)40(59)52-41(46)42(60)61/h12-19,30-33,41,60-61H,3-11,20-25,43-44,46H2,1-2H3,(H2,45,53)(H,47,55)(H,48,54)(H,49,58)(H,50,56)(H,51,57)(H,52,59)/t30-,31-,32-,33-,41+/m0/s1. The first-order chi connectivity index (χ1) is 29.1. The molecule has 2 rings (SSSR count). The summed E-state index contributed by atoms with van der Waals surface area (Å²) < 4.78 is 0. The van der Waals surface area contributed by atoms with E-state index in [0.717, 1.165) is 30.4 Å². The Labute approximate surface area is 357 Å². The van der Waals surface area contributed by atoms with Crippen LogP contribution in [0, 0.1) is 0 Å². The number of rotatable bonds is 29. The van der Waals surface area contributed by atoms with E-state index in [-0.39, 0.29) is 57.5 Å². The molecule has 2 aromatic rings. The number of benzene rings is 2. The lowest BCUT2D eigenvalue weighted by Gasteiger charge is -2.26. The average molecular weight is 853 g/mol. The molecule has 20 heteroatoms. The molecule has 0 heterocycles. The summed E-state index contributed by atoms with van der Waals surface area (Å²) in [5.41, 5.74) is 25.8. The summed E-state index contributed by atoms with van der Waals surface area (Å²) in [7, 11) is -2.06. The van der Waals surface area contributed by atoms with Gasteiger partial charge in [0.1, 0.15) is 30.2 Å². The van der Waals surface area contributed by atoms with Crippen LogP contribution < -0.4 is 54.8 Å². The van der Waals surface area contributed by atoms with E-state index in [2.05, 4.69) is 63.1 Å². The first kappa shape index (κ1) is 51.7. The Hall–Kier alpha value is -5.41. The van der Waals surface area contributed by atoms with Gasteiger partial charge in [-0.2, -0.15) is 0 Å². The number of amides is 7. The highest BCUT2D eigenvalue weighted by molar-refractivity contribution is 6.43. The maximum absolute atomic E-state index is 13.6. The van der Waals surface area contributed by atoms with Crippen LogP contribution in [0.4, 0.5) is 0 Å². The van der Waals surface area contributed by atoms with E-state index in [0.29, 0.717) is 31.4 Å². The lowest BCUT2D eigenvalue weighted by molar-refractivity contribution is -0.135. The zero-order chi connectivity index (χ0) is 45.3. The van der Waals surface area contributed by atoms with Crippen LogP contribution in [0.2, 0.25) is 0 Å². The van der Waals surface area contributed by atoms with Gasteiger partial charge in [-0.1, -0.05) is 56.7 Å². The van der Waals surface area contributed by atoms with Crippen molar-refractivity contribution < 1.29 is 43.6 Å². The summed E-state index contributed by atoms with van der Waals surface area (Å²) in [5.74, 6) is -4.86. The molecule has 0 aliphatic carbocycles. The number of nitrogens with two attached hydrogens (primary N) is 4. The summed E-state index contributed by atoms with van der Waals surface area (Å²) in [6.45, 7) is 4.23. The third kappa shape index (κ3) is 19.2. The van der Waals surface area contributed by atoms with Crippen LogP contribution in [0.3, 0.4) is 0 Å². The molecule has 0 bridgehead atoms. The minimum Gasteiger partial charge on any atom is -0.425 e. The fourth-order valence-corrected chi connectivity index (χ4v) is 6.13. The van der Waals surface area contributed by atoms with Crippen LogP contribution in [-0.4, -0.2) is 108 Å². The number of primary amides is 1. The van der Waals surface area contributed by atoms with Gasteiger partial charge >= 0.3 is 7.12 Å². The molecular weight excluding hydrogens is 787 g/mol. The van der Waals surface area contributed by atoms with E-state index in [4.69, 9.17) is 22.9 Å². The molecule has 0 radical (unpaired) electrons. The third-order valence-electron chi connectivity index (χ3n) is 9.80. The van der Waals surface area contributed by atoms with Crippen molar-refractivity contribution in [1.29, 1.82) is 0 Å². The van der Waals surface area contributed by atoms with Crippen molar-refractivity contribution in [2.24, 2.45) is 22.9 Å². The second-order valence-electron chi connectivity index (χ2n) is 14.8. The Morgan fingerprint density at radius 1 is 0.623 bits per heavy atom. The predicted molar refractivity (Wildman–Crippen MR) is 231 cm³/mol. The van der Waals surface area contributed by atoms with Crippen molar-refractivity contribution in [3.63, 3.8) is 0 Å². The SMILES string of the molecule is CCCCc1ccc(-c2ccc(C(=O)NCCC(=O)N[C@@H](CCCN)C(=O)N[C@@H](CCC(N)=O)C(=O)N[C@@H](CC)C(=O)N[C@@H](CCCCN)C(=O)N[C@@H](N)B(O)O)cc2)cc1. The van der Waals surface area contributed by atoms with Crippen molar-refractivity contribution in [2.45, 2.75) is 121 Å². The average Bonchev–Trinajstić information content (AvgIpc) is 3.24. The topological polar surface area (TPSA) is 336 Å². The van der Waals surface area contributed by atoms with Gasteiger partial charge < -0.3 is 64.9 Å². The second-order valence-corrected chi connectivity index (χ2v) is 14.8. The quantitative estimate of drug-likeness (QED) is 0.0259. The minimum absolute atomic E-state index is 0.0350. The molecule has 0 aromatic heterocycles. The van der Waals surface area contributed by atoms with E-state index in [1.165, 1.54) is 5.56 Å². The van der Waals surface area contributed by atoms with Crippen LogP contribution >= 0.6 is 0 Å². The summed E-state index contributed by atoms with van der Waals surface area (Å²) >= 11 is 0. The molecule has 0 saturated carbocycles. The maximum atomic E-state index is 13.6. The molecule has 5 atom stereocenters. The molecule has 0 aliphatic rings. The Bertz CT molecular complexity index is 1720. The van der Waals surface area contributed by atoms with Crippen molar-refractivity contribution in [1.82, 2.24) is 31.9 Å². The van der Waals surface area contributed by atoms with Crippen molar-refractivity contribution in [3.8, 4) is 11.1 Å². The third-order valence-corrected chi connectivity index (χ3v) is 9.80. The molecule has 0 saturated heterocycles. The highest BCUT2D eigenvalue weighted by Gasteiger charge is 2.32. The first-order valence-corrected chi connectivity index (χ1v) is 20.9. The van der Waals surface area contributed by atoms with Gasteiger partial charge in [-0.25, -0.2) is 0 Å². The van der Waals surface area contributed by atoms with Gasteiger partial charge in [0, 0.05) is 24.9 Å². The molecular formula is C41H65BN10O9. The number of hydrogen-bond donors (Lipinski definition) is 12. The highest BCUT2D eigenvalue weighted by Crippen LogP contribution is 2.21. The van der Waals surface area contributed by atoms with Gasteiger partial charge in [0.05, 0.1) is 0 Å². The van der Waals surface area contributed by atoms with Crippen LogP contribution in [-0.2, 0) is 35.2 Å². The Balaban J connectivity index is 2.05. The molecule has 0 fully saturated rings. The number of carbonyl (C=O) groups is 7. The van der Waals surface area contributed by atoms with Crippen LogP contribution in [0.15, 0.2) is 48.5 Å². The fourth-order valence-electron chi connectivity index (χ4n) is 6.13. The Morgan fingerprint density at radius 2 is 1.13 bits per heavy atom. The molecule has 0 spiro atoms. The molecule has 16 N–H and O–H groups in total. The zero-order valence-electron chi connectivity index (χ0n) is 35.3. The molecule has 7 amide bonds. The number of unbranched alkanes of at least 4 members (excludes halogenated alkanes) is 2. The minimum atomic E-state index is -2.06. The van der Waals surface area contributed by atoms with E-state index in [1.807, 2.05) is 12.1 Å². The number of aryl methyl sites for hydroxylation is 1. The summed E-state index contributed by atoms with van der Waals surface area (Å²) in [5, 5.41) is 33.8. The molecule has 0 aliphatic heterocycles. The van der Waals surface area contributed by atoms with Gasteiger partial charge in [0.25, 0.3) is 5.91 Å². The smallest absolute Gasteiger partial charge is 0.425 e. The predicted octanol–water partition coefficient (Wildman–Crippen LogP) is -1.29. The summed E-state index contributed by atoms with van der Waals surface area (Å²) in [6, 6.07) is 8.99. The number of hydrogen-bond acceptors (Lipinski definition) is 12. The lowest BCUT2D eigenvalue weighted by atomic mass is 9.86. The summed E-state index contributed by atoms with van der Waals surface area (Å²) in [6.07, 6.45) is 4.10. The van der Waals surface area contributed by atoms with Crippen molar-refractivity contribution in [3.05, 3.63) is 59.7 Å². The highest BCUT2D eigenvalue weighted by atomic mass is 16.4. The van der Waals surface area contributed by atoms with Crippen LogP contribution in [0.5, 0.6) is 0 Å². The fraction of sp³-hybridized carbons (Fsp3) is 0.537. The number of carbonyl (C=O) groups excluding carboxylic acids is 7. The van der Waals surface area contributed by atoms with E-state index in [9.17, 15) is 43.6 Å². The molecule has 336 valence electrons. The summed E-state index contributed by atoms with van der Waals surface area (Å²) in [4.78, 5) is 90.9. The van der Waals surface area contributed by atoms with Gasteiger partial charge in [0.2, 0.25) is 35.4 Å². The van der Waals surface area contributed by atoms with E-state index >= 15 is 0 Å². The lowest BCUT2D eigenvalue weighted by Crippen LogP contribution is -2.60. The first-order valence-electron chi connectivity index (χ1n) is 20.9. The normalized spacial score (nSPS) is 13.4. The Kier molecular flexibility index (Phi) is 23.9. The van der Waals surface area contributed by atoms with E-state index in [1.54, 1.807) is 19.1 Å². The molecule has 0 unspecified atom stereocenters. The molecule has 19 nitrogen and oxygen atoms in total. The maximum Gasteiger partial charge on any atom is 0.490 e. The van der Waals surface area contributed by atoms with Gasteiger partial charge in [-0.15, -0.1) is 0 Å².